The normalized spacial score (nSPS) is 29.0. The van der Waals surface area contributed by atoms with E-state index in [0.29, 0.717) is 6.04 Å². The van der Waals surface area contributed by atoms with Crippen LogP contribution in [0.3, 0.4) is 0 Å². The van der Waals surface area contributed by atoms with Gasteiger partial charge in [-0.2, -0.15) is 0 Å². The summed E-state index contributed by atoms with van der Waals surface area (Å²) in [6, 6.07) is 0.420. The van der Waals surface area contributed by atoms with Crippen LogP contribution in [0.5, 0.6) is 0 Å². The number of amidine groups is 1. The van der Waals surface area contributed by atoms with E-state index in [0.717, 1.165) is 31.8 Å². The lowest BCUT2D eigenvalue weighted by Crippen LogP contribution is -2.50. The van der Waals surface area contributed by atoms with Crippen molar-refractivity contribution in [3.63, 3.8) is 0 Å². The maximum Gasteiger partial charge on any atom is 0.0959 e. The first-order valence-electron chi connectivity index (χ1n) is 5.14. The summed E-state index contributed by atoms with van der Waals surface area (Å²) in [7, 11) is 0. The Morgan fingerprint density at radius 1 is 1.54 bits per heavy atom. The molecule has 1 N–H and O–H groups in total. The largest absolute Gasteiger partial charge is 0.375 e. The van der Waals surface area contributed by atoms with Crippen molar-refractivity contribution in [1.29, 1.82) is 5.41 Å². The van der Waals surface area contributed by atoms with Crippen LogP contribution in [-0.2, 0) is 4.74 Å². The second-order valence-corrected chi connectivity index (χ2v) is 3.66. The Hall–Kier alpha value is -0.570. The van der Waals surface area contributed by atoms with Gasteiger partial charge in [0.1, 0.15) is 0 Å². The average molecular weight is 184 g/mol. The molecule has 0 radical (unpaired) electrons. The van der Waals surface area contributed by atoms with Crippen molar-refractivity contribution in [1.82, 2.24) is 4.90 Å². The van der Waals surface area contributed by atoms with Gasteiger partial charge in [-0.3, -0.25) is 5.41 Å². The van der Waals surface area contributed by atoms with Gasteiger partial charge in [0.25, 0.3) is 0 Å². The highest BCUT2D eigenvalue weighted by molar-refractivity contribution is 5.79. The fourth-order valence-corrected chi connectivity index (χ4v) is 1.72. The van der Waals surface area contributed by atoms with E-state index >= 15 is 0 Å². The van der Waals surface area contributed by atoms with Crippen LogP contribution in [0.25, 0.3) is 0 Å². The lowest BCUT2D eigenvalue weighted by atomic mass is 10.1. The molecule has 0 aliphatic carbocycles. The van der Waals surface area contributed by atoms with Crippen molar-refractivity contribution in [2.24, 2.45) is 0 Å². The molecule has 1 aliphatic heterocycles. The summed E-state index contributed by atoms with van der Waals surface area (Å²) < 4.78 is 5.57. The molecule has 1 rings (SSSR count). The zero-order chi connectivity index (χ0) is 9.84. The van der Waals surface area contributed by atoms with Gasteiger partial charge in [0.2, 0.25) is 0 Å². The molecule has 0 spiro atoms. The molecule has 0 aromatic rings. The second-order valence-electron chi connectivity index (χ2n) is 3.66. The zero-order valence-corrected chi connectivity index (χ0v) is 8.84. The van der Waals surface area contributed by atoms with E-state index < -0.39 is 0 Å². The van der Waals surface area contributed by atoms with E-state index in [-0.39, 0.29) is 6.10 Å². The minimum atomic E-state index is 0.273. The van der Waals surface area contributed by atoms with Crippen LogP contribution in [0.15, 0.2) is 0 Å². The number of nitrogens with one attached hydrogen (secondary N) is 1. The van der Waals surface area contributed by atoms with Gasteiger partial charge >= 0.3 is 0 Å². The first-order valence-corrected chi connectivity index (χ1v) is 5.14. The molecule has 2 unspecified atom stereocenters. The number of nitrogens with zero attached hydrogens (tertiary/aromatic N) is 1. The van der Waals surface area contributed by atoms with Crippen LogP contribution in [0.1, 0.15) is 33.6 Å². The van der Waals surface area contributed by atoms with Crippen molar-refractivity contribution in [2.45, 2.75) is 45.8 Å². The quantitative estimate of drug-likeness (QED) is 0.525. The monoisotopic (exact) mass is 184 g/mol. The third kappa shape index (κ3) is 2.44. The zero-order valence-electron chi connectivity index (χ0n) is 8.84. The van der Waals surface area contributed by atoms with E-state index in [1.54, 1.807) is 0 Å². The number of ether oxygens (including phenoxy) is 1. The SMILES string of the molecule is CCC(=N)N1CC(C)OCC1CC. The Labute approximate surface area is 80.6 Å². The molecule has 0 bridgehead atoms. The van der Waals surface area contributed by atoms with E-state index in [9.17, 15) is 0 Å². The molecule has 2 atom stereocenters. The van der Waals surface area contributed by atoms with Gasteiger partial charge in [0.05, 0.1) is 24.6 Å². The van der Waals surface area contributed by atoms with E-state index in [4.69, 9.17) is 10.1 Å². The molecule has 1 fully saturated rings. The van der Waals surface area contributed by atoms with Gasteiger partial charge in [0, 0.05) is 13.0 Å². The molecule has 1 heterocycles. The third-order valence-electron chi connectivity index (χ3n) is 2.62. The number of hydrogen-bond acceptors (Lipinski definition) is 2. The molecular weight excluding hydrogens is 164 g/mol. The molecule has 1 aliphatic rings. The van der Waals surface area contributed by atoms with E-state index in [1.807, 2.05) is 6.92 Å². The maximum atomic E-state index is 7.83. The fraction of sp³-hybridized carbons (Fsp3) is 0.900. The van der Waals surface area contributed by atoms with Crippen LogP contribution in [-0.4, -0.2) is 36.0 Å². The van der Waals surface area contributed by atoms with Crippen molar-refractivity contribution in [3.05, 3.63) is 0 Å². The highest BCUT2D eigenvalue weighted by atomic mass is 16.5. The van der Waals surface area contributed by atoms with Crippen molar-refractivity contribution < 1.29 is 4.74 Å². The van der Waals surface area contributed by atoms with Gasteiger partial charge in [-0.25, -0.2) is 0 Å². The highest BCUT2D eigenvalue weighted by Crippen LogP contribution is 2.15. The highest BCUT2D eigenvalue weighted by Gasteiger charge is 2.26. The molecule has 0 aromatic carbocycles. The van der Waals surface area contributed by atoms with Crippen molar-refractivity contribution >= 4 is 5.84 Å². The van der Waals surface area contributed by atoms with Gasteiger partial charge in [-0.15, -0.1) is 0 Å². The summed E-state index contributed by atoms with van der Waals surface area (Å²) in [4.78, 5) is 2.19. The number of hydrogen-bond donors (Lipinski definition) is 1. The third-order valence-corrected chi connectivity index (χ3v) is 2.62. The van der Waals surface area contributed by atoms with Crippen LogP contribution in [0, 0.1) is 5.41 Å². The summed E-state index contributed by atoms with van der Waals surface area (Å²) in [6.45, 7) is 7.92. The standard InChI is InChI=1S/C10H20N2O/c1-4-9-7-13-8(3)6-12(9)10(11)5-2/h8-9,11H,4-7H2,1-3H3. The van der Waals surface area contributed by atoms with Crippen LogP contribution >= 0.6 is 0 Å². The first-order chi connectivity index (χ1) is 6.19. The Morgan fingerprint density at radius 3 is 2.77 bits per heavy atom. The maximum absolute atomic E-state index is 7.83. The van der Waals surface area contributed by atoms with Gasteiger partial charge < -0.3 is 9.64 Å². The van der Waals surface area contributed by atoms with Gasteiger partial charge in [-0.1, -0.05) is 13.8 Å². The molecule has 3 nitrogen and oxygen atoms in total. The molecule has 13 heavy (non-hydrogen) atoms. The smallest absolute Gasteiger partial charge is 0.0959 e. The lowest BCUT2D eigenvalue weighted by molar-refractivity contribution is -0.0293. The Morgan fingerprint density at radius 2 is 2.23 bits per heavy atom. The fourth-order valence-electron chi connectivity index (χ4n) is 1.72. The molecule has 0 amide bonds. The van der Waals surface area contributed by atoms with Crippen LogP contribution in [0.4, 0.5) is 0 Å². The second kappa shape index (κ2) is 4.61. The number of morpholine rings is 1. The van der Waals surface area contributed by atoms with E-state index in [1.165, 1.54) is 0 Å². The minimum Gasteiger partial charge on any atom is -0.375 e. The van der Waals surface area contributed by atoms with Gasteiger partial charge in [-0.05, 0) is 13.3 Å². The first kappa shape index (κ1) is 10.5. The minimum absolute atomic E-state index is 0.273. The van der Waals surface area contributed by atoms with Crippen LogP contribution in [0.2, 0.25) is 0 Å². The topological polar surface area (TPSA) is 36.3 Å². The average Bonchev–Trinajstić information content (AvgIpc) is 2.16. The summed E-state index contributed by atoms with van der Waals surface area (Å²) in [6.07, 6.45) is 2.16. The van der Waals surface area contributed by atoms with Crippen LogP contribution < -0.4 is 0 Å². The molecule has 1 saturated heterocycles. The summed E-state index contributed by atoms with van der Waals surface area (Å²) >= 11 is 0. The molecule has 3 heteroatoms. The lowest BCUT2D eigenvalue weighted by Gasteiger charge is -2.39. The Bertz CT molecular complexity index is 182. The molecule has 76 valence electrons. The predicted octanol–water partition coefficient (Wildman–Crippen LogP) is 1.87. The molecule has 0 saturated carbocycles. The van der Waals surface area contributed by atoms with Crippen molar-refractivity contribution in [2.75, 3.05) is 13.2 Å². The van der Waals surface area contributed by atoms with E-state index in [2.05, 4.69) is 18.7 Å². The summed E-state index contributed by atoms with van der Waals surface area (Å²) in [5.74, 6) is 0.752. The Kier molecular flexibility index (Phi) is 3.72. The summed E-state index contributed by atoms with van der Waals surface area (Å²) in [5, 5.41) is 7.83. The molecular formula is C10H20N2O. The number of rotatable bonds is 2. The molecule has 0 aromatic heterocycles. The van der Waals surface area contributed by atoms with Gasteiger partial charge in [0.15, 0.2) is 0 Å². The predicted molar refractivity (Wildman–Crippen MR) is 54.2 cm³/mol. The summed E-state index contributed by atoms with van der Waals surface area (Å²) in [5.41, 5.74) is 0. The van der Waals surface area contributed by atoms with Crippen molar-refractivity contribution in [3.8, 4) is 0 Å². The Balaban J connectivity index is 2.59.